The summed E-state index contributed by atoms with van der Waals surface area (Å²) in [6, 6.07) is 0. The fraction of sp³-hybridized carbons (Fsp3) is 0.417. The van der Waals surface area contributed by atoms with E-state index < -0.39 is 0 Å². The molecule has 0 aromatic carbocycles. The Balaban J connectivity index is 0.000000791. The van der Waals surface area contributed by atoms with E-state index in [1.165, 1.54) is 0 Å². The smallest absolute Gasteiger partial charge is 0.132 e. The molecule has 2 heteroatoms. The SMILES string of the molecule is C=C(C)/C=C\c1nc(C)cn1C.CC. The van der Waals surface area contributed by atoms with Gasteiger partial charge in [-0.25, -0.2) is 4.98 Å². The van der Waals surface area contributed by atoms with Crippen LogP contribution in [0.5, 0.6) is 0 Å². The second-order valence-corrected chi connectivity index (χ2v) is 3.03. The molecular weight excluding hydrogens is 172 g/mol. The lowest BCUT2D eigenvalue weighted by Crippen LogP contribution is -1.88. The van der Waals surface area contributed by atoms with Crippen LogP contribution in [0.3, 0.4) is 0 Å². The van der Waals surface area contributed by atoms with Crippen LogP contribution in [0, 0.1) is 6.92 Å². The molecule has 0 spiro atoms. The summed E-state index contributed by atoms with van der Waals surface area (Å²) < 4.78 is 1.99. The van der Waals surface area contributed by atoms with E-state index >= 15 is 0 Å². The average Bonchev–Trinajstić information content (AvgIpc) is 2.45. The van der Waals surface area contributed by atoms with E-state index in [4.69, 9.17) is 0 Å². The Morgan fingerprint density at radius 3 is 2.43 bits per heavy atom. The molecule has 78 valence electrons. The van der Waals surface area contributed by atoms with E-state index in [1.807, 2.05) is 57.7 Å². The first-order valence-electron chi connectivity index (χ1n) is 4.93. The molecule has 0 fully saturated rings. The quantitative estimate of drug-likeness (QED) is 0.657. The Kier molecular flexibility index (Phi) is 5.61. The summed E-state index contributed by atoms with van der Waals surface area (Å²) in [5.41, 5.74) is 2.08. The third-order valence-electron chi connectivity index (χ3n) is 1.55. The van der Waals surface area contributed by atoms with Crippen LogP contribution in [-0.2, 0) is 7.05 Å². The van der Waals surface area contributed by atoms with E-state index in [0.29, 0.717) is 0 Å². The van der Waals surface area contributed by atoms with Gasteiger partial charge >= 0.3 is 0 Å². The maximum absolute atomic E-state index is 4.32. The van der Waals surface area contributed by atoms with E-state index in [-0.39, 0.29) is 0 Å². The minimum absolute atomic E-state index is 0.968. The topological polar surface area (TPSA) is 17.8 Å². The van der Waals surface area contributed by atoms with Crippen LogP contribution < -0.4 is 0 Å². The lowest BCUT2D eigenvalue weighted by molar-refractivity contribution is 0.897. The number of aromatic nitrogens is 2. The van der Waals surface area contributed by atoms with Crippen LogP contribution in [0.25, 0.3) is 6.08 Å². The Hall–Kier alpha value is -1.31. The monoisotopic (exact) mass is 192 g/mol. The maximum Gasteiger partial charge on any atom is 0.132 e. The molecule has 0 aliphatic carbocycles. The molecule has 0 atom stereocenters. The summed E-state index contributed by atoms with van der Waals surface area (Å²) in [5, 5.41) is 0. The van der Waals surface area contributed by atoms with Gasteiger partial charge in [0.25, 0.3) is 0 Å². The van der Waals surface area contributed by atoms with Crippen molar-refractivity contribution in [1.29, 1.82) is 0 Å². The molecule has 0 N–H and O–H groups in total. The zero-order valence-electron chi connectivity index (χ0n) is 9.83. The number of rotatable bonds is 2. The van der Waals surface area contributed by atoms with Gasteiger partial charge < -0.3 is 4.57 Å². The molecule has 0 amide bonds. The largest absolute Gasteiger partial charge is 0.334 e. The molecule has 0 radical (unpaired) electrons. The average molecular weight is 192 g/mol. The molecule has 1 aromatic heterocycles. The van der Waals surface area contributed by atoms with Crippen molar-refractivity contribution in [3.05, 3.63) is 35.9 Å². The van der Waals surface area contributed by atoms with Gasteiger partial charge in [-0.15, -0.1) is 0 Å². The predicted molar refractivity (Wildman–Crippen MR) is 63.1 cm³/mol. The summed E-state index contributed by atoms with van der Waals surface area (Å²) in [7, 11) is 1.98. The molecule has 0 saturated carbocycles. The van der Waals surface area contributed by atoms with Gasteiger partial charge in [-0.2, -0.15) is 0 Å². The molecule has 2 nitrogen and oxygen atoms in total. The van der Waals surface area contributed by atoms with Gasteiger partial charge in [0, 0.05) is 13.2 Å². The second-order valence-electron chi connectivity index (χ2n) is 3.03. The minimum atomic E-state index is 0.968. The van der Waals surface area contributed by atoms with Crippen LogP contribution in [-0.4, -0.2) is 9.55 Å². The number of nitrogens with zero attached hydrogens (tertiary/aromatic N) is 2. The van der Waals surface area contributed by atoms with Crippen LogP contribution in [0.4, 0.5) is 0 Å². The molecular formula is C12H20N2. The Morgan fingerprint density at radius 2 is 2.07 bits per heavy atom. The summed E-state index contributed by atoms with van der Waals surface area (Å²) in [6.45, 7) is 11.7. The molecule has 0 saturated heterocycles. The van der Waals surface area contributed by atoms with Crippen LogP contribution in [0.2, 0.25) is 0 Å². The van der Waals surface area contributed by atoms with Crippen molar-refractivity contribution in [1.82, 2.24) is 9.55 Å². The van der Waals surface area contributed by atoms with Crippen LogP contribution in [0.15, 0.2) is 24.4 Å². The Bertz CT molecular complexity index is 319. The third kappa shape index (κ3) is 4.08. The van der Waals surface area contributed by atoms with Crippen molar-refractivity contribution in [2.45, 2.75) is 27.7 Å². The second kappa shape index (κ2) is 6.19. The third-order valence-corrected chi connectivity index (χ3v) is 1.55. The molecule has 0 unspecified atom stereocenters. The first kappa shape index (κ1) is 12.7. The highest BCUT2D eigenvalue weighted by atomic mass is 15.0. The summed E-state index contributed by atoms with van der Waals surface area (Å²) in [4.78, 5) is 4.32. The van der Waals surface area contributed by atoms with Crippen molar-refractivity contribution in [2.24, 2.45) is 7.05 Å². The fourth-order valence-electron chi connectivity index (χ4n) is 1.01. The Morgan fingerprint density at radius 1 is 1.50 bits per heavy atom. The van der Waals surface area contributed by atoms with E-state index in [2.05, 4.69) is 11.6 Å². The predicted octanol–water partition coefficient (Wildman–Crippen LogP) is 3.34. The van der Waals surface area contributed by atoms with Gasteiger partial charge in [0.1, 0.15) is 5.82 Å². The van der Waals surface area contributed by atoms with Crippen molar-refractivity contribution < 1.29 is 0 Å². The number of hydrogen-bond donors (Lipinski definition) is 0. The molecule has 0 aliphatic rings. The highest BCUT2D eigenvalue weighted by Crippen LogP contribution is 2.03. The zero-order chi connectivity index (χ0) is 11.1. The minimum Gasteiger partial charge on any atom is -0.334 e. The number of allylic oxidation sites excluding steroid dienone is 2. The molecule has 1 aromatic rings. The van der Waals surface area contributed by atoms with Gasteiger partial charge in [0.15, 0.2) is 0 Å². The number of aryl methyl sites for hydroxylation is 2. The first-order valence-corrected chi connectivity index (χ1v) is 4.93. The van der Waals surface area contributed by atoms with Crippen LogP contribution >= 0.6 is 0 Å². The zero-order valence-corrected chi connectivity index (χ0v) is 9.83. The van der Waals surface area contributed by atoms with Gasteiger partial charge in [0.05, 0.1) is 5.69 Å². The van der Waals surface area contributed by atoms with Crippen molar-refractivity contribution in [2.75, 3.05) is 0 Å². The summed E-state index contributed by atoms with van der Waals surface area (Å²) in [6.07, 6.45) is 5.93. The first-order chi connectivity index (χ1) is 6.59. The molecule has 1 rings (SSSR count). The molecule has 14 heavy (non-hydrogen) atoms. The normalized spacial score (nSPS) is 9.79. The highest BCUT2D eigenvalue weighted by Gasteiger charge is 1.95. The van der Waals surface area contributed by atoms with Crippen molar-refractivity contribution in [3.63, 3.8) is 0 Å². The van der Waals surface area contributed by atoms with Crippen molar-refractivity contribution in [3.8, 4) is 0 Å². The lowest BCUT2D eigenvalue weighted by atomic mass is 10.3. The number of hydrogen-bond acceptors (Lipinski definition) is 1. The van der Waals surface area contributed by atoms with E-state index in [9.17, 15) is 0 Å². The molecule has 1 heterocycles. The van der Waals surface area contributed by atoms with E-state index in [1.54, 1.807) is 0 Å². The van der Waals surface area contributed by atoms with Gasteiger partial charge in [-0.3, -0.25) is 0 Å². The van der Waals surface area contributed by atoms with Gasteiger partial charge in [0.2, 0.25) is 0 Å². The summed E-state index contributed by atoms with van der Waals surface area (Å²) >= 11 is 0. The number of imidazole rings is 1. The molecule has 0 bridgehead atoms. The van der Waals surface area contributed by atoms with Gasteiger partial charge in [-0.1, -0.05) is 32.1 Å². The molecule has 0 aliphatic heterocycles. The summed E-state index contributed by atoms with van der Waals surface area (Å²) in [5.74, 6) is 0.968. The van der Waals surface area contributed by atoms with Crippen LogP contribution in [0.1, 0.15) is 32.3 Å². The van der Waals surface area contributed by atoms with E-state index in [0.717, 1.165) is 17.1 Å². The lowest BCUT2D eigenvalue weighted by Gasteiger charge is -1.92. The van der Waals surface area contributed by atoms with Gasteiger partial charge in [-0.05, 0) is 19.9 Å². The maximum atomic E-state index is 4.32. The van der Waals surface area contributed by atoms with Crippen molar-refractivity contribution >= 4 is 6.08 Å². The Labute approximate surface area is 87.0 Å². The standard InChI is InChI=1S/C10H14N2.C2H6/c1-8(2)5-6-10-11-9(3)7-12(10)4;1-2/h5-7H,1H2,2-4H3;1-2H3/b6-5-;. The highest BCUT2D eigenvalue weighted by molar-refractivity contribution is 5.45. The fourth-order valence-corrected chi connectivity index (χ4v) is 1.01.